The monoisotopic (exact) mass is 373 g/mol. The number of hydrogen-bond acceptors (Lipinski definition) is 4. The molecule has 0 saturated carbocycles. The van der Waals surface area contributed by atoms with Crippen molar-refractivity contribution in [2.24, 2.45) is 0 Å². The quantitative estimate of drug-likeness (QED) is 0.874. The number of rotatable bonds is 5. The SMILES string of the molecule is Cc1oc(CO)cc1S(=O)(=O)N(C)Cc1ccccc1Br. The summed E-state index contributed by atoms with van der Waals surface area (Å²) in [6, 6.07) is 8.81. The number of benzene rings is 1. The number of furan rings is 1. The molecule has 0 atom stereocenters. The van der Waals surface area contributed by atoms with Crippen LogP contribution in [0.25, 0.3) is 0 Å². The van der Waals surface area contributed by atoms with Gasteiger partial charge in [-0.15, -0.1) is 0 Å². The summed E-state index contributed by atoms with van der Waals surface area (Å²) >= 11 is 3.40. The number of sulfonamides is 1. The molecule has 5 nitrogen and oxygen atoms in total. The van der Waals surface area contributed by atoms with Gasteiger partial charge in [0.1, 0.15) is 23.0 Å². The third kappa shape index (κ3) is 3.37. The molecule has 2 rings (SSSR count). The van der Waals surface area contributed by atoms with E-state index in [1.807, 2.05) is 24.3 Å². The van der Waals surface area contributed by atoms with Crippen LogP contribution in [-0.2, 0) is 23.2 Å². The van der Waals surface area contributed by atoms with Crippen LogP contribution in [0.15, 0.2) is 44.1 Å². The lowest BCUT2D eigenvalue weighted by atomic mass is 10.2. The Bertz CT molecular complexity index is 739. The van der Waals surface area contributed by atoms with E-state index >= 15 is 0 Å². The van der Waals surface area contributed by atoms with E-state index in [9.17, 15) is 8.42 Å². The van der Waals surface area contributed by atoms with Crippen LogP contribution >= 0.6 is 15.9 Å². The van der Waals surface area contributed by atoms with Gasteiger partial charge in [0, 0.05) is 24.1 Å². The fourth-order valence-electron chi connectivity index (χ4n) is 1.98. The number of aliphatic hydroxyl groups is 1. The highest BCUT2D eigenvalue weighted by molar-refractivity contribution is 9.10. The molecule has 0 unspecified atom stereocenters. The minimum atomic E-state index is -3.67. The lowest BCUT2D eigenvalue weighted by molar-refractivity contribution is 0.244. The molecule has 114 valence electrons. The van der Waals surface area contributed by atoms with E-state index < -0.39 is 10.0 Å². The normalized spacial score (nSPS) is 12.0. The second kappa shape index (κ2) is 6.31. The zero-order valence-electron chi connectivity index (χ0n) is 11.7. The summed E-state index contributed by atoms with van der Waals surface area (Å²) in [6.45, 7) is 1.48. The largest absolute Gasteiger partial charge is 0.462 e. The zero-order chi connectivity index (χ0) is 15.6. The molecule has 2 aromatic rings. The second-order valence-corrected chi connectivity index (χ2v) is 7.51. The average Bonchev–Trinajstić information content (AvgIpc) is 2.83. The van der Waals surface area contributed by atoms with Crippen molar-refractivity contribution in [3.63, 3.8) is 0 Å². The summed E-state index contributed by atoms with van der Waals surface area (Å²) in [4.78, 5) is 0.0844. The Kier molecular flexibility index (Phi) is 4.88. The van der Waals surface area contributed by atoms with Gasteiger partial charge in [-0.1, -0.05) is 34.1 Å². The fraction of sp³-hybridized carbons (Fsp3) is 0.286. The molecule has 0 spiro atoms. The number of hydrogen-bond donors (Lipinski definition) is 1. The number of nitrogens with zero attached hydrogens (tertiary/aromatic N) is 1. The van der Waals surface area contributed by atoms with Crippen LogP contribution in [0.2, 0.25) is 0 Å². The van der Waals surface area contributed by atoms with Gasteiger partial charge >= 0.3 is 0 Å². The minimum absolute atomic E-state index is 0.0844. The Labute approximate surface area is 132 Å². The summed E-state index contributed by atoms with van der Waals surface area (Å²) in [5.41, 5.74) is 0.868. The van der Waals surface area contributed by atoms with E-state index in [2.05, 4.69) is 15.9 Å². The van der Waals surface area contributed by atoms with Gasteiger partial charge in [-0.25, -0.2) is 8.42 Å². The molecule has 1 heterocycles. The molecule has 0 aliphatic rings. The van der Waals surface area contributed by atoms with Crippen LogP contribution < -0.4 is 0 Å². The highest BCUT2D eigenvalue weighted by Gasteiger charge is 2.26. The maximum Gasteiger partial charge on any atom is 0.246 e. The molecule has 1 aromatic heterocycles. The summed E-state index contributed by atoms with van der Waals surface area (Å²) in [5.74, 6) is 0.512. The van der Waals surface area contributed by atoms with Crippen molar-refractivity contribution in [2.45, 2.75) is 25.0 Å². The van der Waals surface area contributed by atoms with Gasteiger partial charge in [-0.05, 0) is 18.6 Å². The molecule has 1 aromatic carbocycles. The van der Waals surface area contributed by atoms with Gasteiger partial charge in [0.2, 0.25) is 10.0 Å². The van der Waals surface area contributed by atoms with Crippen molar-refractivity contribution >= 4 is 26.0 Å². The Morgan fingerprint density at radius 2 is 2.00 bits per heavy atom. The highest BCUT2D eigenvalue weighted by atomic mass is 79.9. The first-order valence-electron chi connectivity index (χ1n) is 6.26. The zero-order valence-corrected chi connectivity index (χ0v) is 14.1. The van der Waals surface area contributed by atoms with Crippen molar-refractivity contribution in [1.82, 2.24) is 4.31 Å². The molecular formula is C14H16BrNO4S. The topological polar surface area (TPSA) is 70.8 Å². The Balaban J connectivity index is 2.30. The van der Waals surface area contributed by atoms with E-state index in [0.717, 1.165) is 10.0 Å². The first-order valence-corrected chi connectivity index (χ1v) is 8.49. The smallest absolute Gasteiger partial charge is 0.246 e. The Morgan fingerprint density at radius 3 is 2.57 bits per heavy atom. The van der Waals surface area contributed by atoms with Crippen LogP contribution in [0.4, 0.5) is 0 Å². The van der Waals surface area contributed by atoms with E-state index in [1.165, 1.54) is 17.4 Å². The standard InChI is InChI=1S/C14H16BrNO4S/c1-10-14(7-12(9-17)20-10)21(18,19)16(2)8-11-5-3-4-6-13(11)15/h3-7,17H,8-9H2,1-2H3. The first-order chi connectivity index (χ1) is 9.86. The lowest BCUT2D eigenvalue weighted by Gasteiger charge is -2.17. The van der Waals surface area contributed by atoms with Gasteiger partial charge in [0.25, 0.3) is 0 Å². The van der Waals surface area contributed by atoms with Crippen LogP contribution in [-0.4, -0.2) is 24.9 Å². The molecule has 0 bridgehead atoms. The van der Waals surface area contributed by atoms with E-state index in [0.29, 0.717) is 0 Å². The Hall–Kier alpha value is -1.15. The first kappa shape index (κ1) is 16.2. The molecule has 0 amide bonds. The number of aliphatic hydroxyl groups excluding tert-OH is 1. The predicted molar refractivity (Wildman–Crippen MR) is 82.2 cm³/mol. The summed E-state index contributed by atoms with van der Waals surface area (Å²) in [6.07, 6.45) is 0. The van der Waals surface area contributed by atoms with Gasteiger partial charge < -0.3 is 9.52 Å². The average molecular weight is 374 g/mol. The van der Waals surface area contributed by atoms with Gasteiger partial charge in [-0.2, -0.15) is 4.31 Å². The summed E-state index contributed by atoms with van der Waals surface area (Å²) in [5, 5.41) is 9.04. The van der Waals surface area contributed by atoms with E-state index in [-0.39, 0.29) is 29.6 Å². The van der Waals surface area contributed by atoms with Crippen LogP contribution in [0, 0.1) is 6.92 Å². The molecular weight excluding hydrogens is 358 g/mol. The molecule has 21 heavy (non-hydrogen) atoms. The molecule has 1 N–H and O–H groups in total. The van der Waals surface area contributed by atoms with Crippen molar-refractivity contribution in [2.75, 3.05) is 7.05 Å². The lowest BCUT2D eigenvalue weighted by Crippen LogP contribution is -2.26. The number of aryl methyl sites for hydroxylation is 1. The maximum atomic E-state index is 12.6. The van der Waals surface area contributed by atoms with Crippen LogP contribution in [0.3, 0.4) is 0 Å². The Morgan fingerprint density at radius 1 is 1.33 bits per heavy atom. The van der Waals surface area contributed by atoms with Crippen molar-refractivity contribution in [3.8, 4) is 0 Å². The molecule has 0 aliphatic carbocycles. The third-order valence-electron chi connectivity index (χ3n) is 3.12. The number of halogens is 1. The van der Waals surface area contributed by atoms with Crippen molar-refractivity contribution in [1.29, 1.82) is 0 Å². The van der Waals surface area contributed by atoms with Crippen molar-refractivity contribution in [3.05, 3.63) is 51.9 Å². The van der Waals surface area contributed by atoms with Crippen molar-refractivity contribution < 1.29 is 17.9 Å². The third-order valence-corrected chi connectivity index (χ3v) is 5.80. The molecule has 0 fully saturated rings. The molecule has 7 heteroatoms. The summed E-state index contributed by atoms with van der Waals surface area (Å²) < 4.78 is 32.5. The van der Waals surface area contributed by atoms with E-state index in [4.69, 9.17) is 9.52 Å². The van der Waals surface area contributed by atoms with Gasteiger partial charge in [-0.3, -0.25) is 0 Å². The highest BCUT2D eigenvalue weighted by Crippen LogP contribution is 2.25. The molecule has 0 aliphatic heterocycles. The van der Waals surface area contributed by atoms with E-state index in [1.54, 1.807) is 6.92 Å². The van der Waals surface area contributed by atoms with Crippen LogP contribution in [0.1, 0.15) is 17.1 Å². The van der Waals surface area contributed by atoms with Gasteiger partial charge in [0.15, 0.2) is 0 Å². The molecule has 0 saturated heterocycles. The minimum Gasteiger partial charge on any atom is -0.462 e. The summed E-state index contributed by atoms with van der Waals surface area (Å²) in [7, 11) is -2.15. The fourth-order valence-corrected chi connectivity index (χ4v) is 3.72. The van der Waals surface area contributed by atoms with Crippen LogP contribution in [0.5, 0.6) is 0 Å². The van der Waals surface area contributed by atoms with Gasteiger partial charge in [0.05, 0.1) is 0 Å². The predicted octanol–water partition coefficient (Wildman–Crippen LogP) is 2.66. The maximum absolute atomic E-state index is 12.6. The second-order valence-electron chi connectivity index (χ2n) is 4.64. The molecule has 0 radical (unpaired) electrons.